The Hall–Kier alpha value is -0.350. The maximum atomic E-state index is 10.9. The predicted octanol–water partition coefficient (Wildman–Crippen LogP) is 3.66. The molecule has 2 nitrogen and oxygen atoms in total. The van der Waals surface area contributed by atoms with E-state index in [0.717, 1.165) is 11.8 Å². The summed E-state index contributed by atoms with van der Waals surface area (Å²) in [7, 11) is 0. The quantitative estimate of drug-likeness (QED) is 0.583. The number of carbonyl (C=O) groups is 1. The summed E-state index contributed by atoms with van der Waals surface area (Å²) >= 11 is 7.03. The van der Waals surface area contributed by atoms with Gasteiger partial charge in [0.1, 0.15) is 0 Å². The number of primary amides is 1. The Labute approximate surface area is 119 Å². The first-order valence-corrected chi connectivity index (χ1v) is 7.76. The second-order valence-electron chi connectivity index (χ2n) is 4.06. The second kappa shape index (κ2) is 7.88. The molecule has 0 heterocycles. The summed E-state index contributed by atoms with van der Waals surface area (Å²) in [6.45, 7) is 0. The lowest BCUT2D eigenvalue weighted by Crippen LogP contribution is -2.10. The van der Waals surface area contributed by atoms with Crippen molar-refractivity contribution >= 4 is 37.8 Å². The van der Waals surface area contributed by atoms with Gasteiger partial charge in [0.25, 0.3) is 0 Å². The molecule has 17 heavy (non-hydrogen) atoms. The Morgan fingerprint density at radius 2 is 1.88 bits per heavy atom. The molecule has 1 atom stereocenters. The first-order valence-electron chi connectivity index (χ1n) is 5.72. The van der Waals surface area contributed by atoms with Crippen LogP contribution in [0.2, 0.25) is 0 Å². The molecule has 0 saturated carbocycles. The number of carbonyl (C=O) groups excluding carboxylic acids is 1. The van der Waals surface area contributed by atoms with Crippen molar-refractivity contribution in [3.05, 3.63) is 35.4 Å². The smallest absolute Gasteiger partial charge is 0.248 e. The molecule has 4 heteroatoms. The predicted molar refractivity (Wildman–Crippen MR) is 79.0 cm³/mol. The molecule has 1 amide bonds. The van der Waals surface area contributed by atoms with Gasteiger partial charge >= 0.3 is 0 Å². The van der Waals surface area contributed by atoms with Crippen molar-refractivity contribution in [2.75, 3.05) is 5.33 Å². The molecule has 1 aromatic rings. The van der Waals surface area contributed by atoms with Crippen LogP contribution >= 0.6 is 31.9 Å². The number of aryl methyl sites for hydroxylation is 1. The van der Waals surface area contributed by atoms with Crippen LogP contribution in [0.1, 0.15) is 35.2 Å². The standard InChI is InChI=1S/C13H17Br2NO/c14-9-12(15)4-2-1-3-10-5-7-11(8-6-10)13(16)17/h5-8,12H,1-4,9H2,(H2,16,17). The van der Waals surface area contributed by atoms with Crippen LogP contribution in [0.4, 0.5) is 0 Å². The van der Waals surface area contributed by atoms with Crippen LogP contribution in [0, 0.1) is 0 Å². The third kappa shape index (κ3) is 5.68. The monoisotopic (exact) mass is 361 g/mol. The minimum Gasteiger partial charge on any atom is -0.366 e. The largest absolute Gasteiger partial charge is 0.366 e. The first-order chi connectivity index (χ1) is 8.13. The van der Waals surface area contributed by atoms with Gasteiger partial charge in [-0.25, -0.2) is 0 Å². The highest BCUT2D eigenvalue weighted by Gasteiger charge is 2.02. The summed E-state index contributed by atoms with van der Waals surface area (Å²) in [4.78, 5) is 11.5. The topological polar surface area (TPSA) is 43.1 Å². The molecule has 0 aromatic heterocycles. The van der Waals surface area contributed by atoms with E-state index in [1.807, 2.05) is 12.1 Å². The maximum absolute atomic E-state index is 10.9. The van der Waals surface area contributed by atoms with Crippen LogP contribution in [-0.2, 0) is 6.42 Å². The average molecular weight is 363 g/mol. The van der Waals surface area contributed by atoms with Gasteiger partial charge in [-0.1, -0.05) is 50.4 Å². The van der Waals surface area contributed by atoms with E-state index in [9.17, 15) is 4.79 Å². The van der Waals surface area contributed by atoms with E-state index in [0.29, 0.717) is 10.4 Å². The van der Waals surface area contributed by atoms with Crippen molar-refractivity contribution in [3.63, 3.8) is 0 Å². The molecule has 1 unspecified atom stereocenters. The summed E-state index contributed by atoms with van der Waals surface area (Å²) < 4.78 is 0. The van der Waals surface area contributed by atoms with E-state index in [-0.39, 0.29) is 5.91 Å². The van der Waals surface area contributed by atoms with Crippen LogP contribution in [0.25, 0.3) is 0 Å². The number of hydrogen-bond donors (Lipinski definition) is 1. The Balaban J connectivity index is 2.30. The van der Waals surface area contributed by atoms with Crippen molar-refractivity contribution in [3.8, 4) is 0 Å². The van der Waals surface area contributed by atoms with Gasteiger partial charge in [-0.05, 0) is 37.0 Å². The highest BCUT2D eigenvalue weighted by molar-refractivity contribution is 9.12. The summed E-state index contributed by atoms with van der Waals surface area (Å²) in [5.74, 6) is -0.365. The van der Waals surface area contributed by atoms with Gasteiger partial charge in [0, 0.05) is 15.7 Å². The molecule has 0 aliphatic carbocycles. The van der Waals surface area contributed by atoms with Gasteiger partial charge in [0.05, 0.1) is 0 Å². The van der Waals surface area contributed by atoms with E-state index in [1.54, 1.807) is 12.1 Å². The van der Waals surface area contributed by atoms with Crippen molar-refractivity contribution in [1.29, 1.82) is 0 Å². The number of nitrogens with two attached hydrogens (primary N) is 1. The number of unbranched alkanes of at least 4 members (excludes halogenated alkanes) is 1. The highest BCUT2D eigenvalue weighted by Crippen LogP contribution is 2.14. The Bertz CT molecular complexity index is 351. The third-order valence-electron chi connectivity index (χ3n) is 2.64. The van der Waals surface area contributed by atoms with Gasteiger partial charge in [-0.3, -0.25) is 4.79 Å². The molecule has 0 aliphatic heterocycles. The average Bonchev–Trinajstić information content (AvgIpc) is 2.34. The van der Waals surface area contributed by atoms with Crippen molar-refractivity contribution in [1.82, 2.24) is 0 Å². The fourth-order valence-corrected chi connectivity index (χ4v) is 2.26. The Morgan fingerprint density at radius 1 is 1.24 bits per heavy atom. The number of hydrogen-bond acceptors (Lipinski definition) is 1. The lowest BCUT2D eigenvalue weighted by molar-refractivity contribution is 0.100. The third-order valence-corrected chi connectivity index (χ3v) is 5.07. The summed E-state index contributed by atoms with van der Waals surface area (Å²) in [5.41, 5.74) is 7.03. The lowest BCUT2D eigenvalue weighted by atomic mass is 10.0. The zero-order valence-electron chi connectivity index (χ0n) is 9.66. The SMILES string of the molecule is NC(=O)c1ccc(CCCCC(Br)CBr)cc1. The molecule has 0 radical (unpaired) electrons. The lowest BCUT2D eigenvalue weighted by Gasteiger charge is -2.05. The van der Waals surface area contributed by atoms with Crippen molar-refractivity contribution in [2.24, 2.45) is 5.73 Å². The van der Waals surface area contributed by atoms with Crippen LogP contribution in [0.15, 0.2) is 24.3 Å². The van der Waals surface area contributed by atoms with Crippen LogP contribution in [-0.4, -0.2) is 16.1 Å². The van der Waals surface area contributed by atoms with E-state index >= 15 is 0 Å². The van der Waals surface area contributed by atoms with Crippen molar-refractivity contribution in [2.45, 2.75) is 30.5 Å². The molecule has 0 saturated heterocycles. The fraction of sp³-hybridized carbons (Fsp3) is 0.462. The minimum absolute atomic E-state index is 0.365. The van der Waals surface area contributed by atoms with Crippen molar-refractivity contribution < 1.29 is 4.79 Å². The molecule has 0 bridgehead atoms. The highest BCUT2D eigenvalue weighted by atomic mass is 79.9. The Morgan fingerprint density at radius 3 is 2.41 bits per heavy atom. The van der Waals surface area contributed by atoms with Gasteiger partial charge in [0.15, 0.2) is 0 Å². The molecule has 1 rings (SSSR count). The van der Waals surface area contributed by atoms with Crippen LogP contribution in [0.5, 0.6) is 0 Å². The maximum Gasteiger partial charge on any atom is 0.248 e. The molecular weight excluding hydrogens is 346 g/mol. The summed E-state index contributed by atoms with van der Waals surface area (Å²) in [6.07, 6.45) is 4.62. The number of benzene rings is 1. The number of amides is 1. The molecule has 0 fully saturated rings. The van der Waals surface area contributed by atoms with Gasteiger partial charge in [0.2, 0.25) is 5.91 Å². The number of rotatable bonds is 7. The van der Waals surface area contributed by atoms with Crippen LogP contribution < -0.4 is 5.73 Å². The van der Waals surface area contributed by atoms with Gasteiger partial charge in [-0.15, -0.1) is 0 Å². The molecule has 0 aliphatic rings. The van der Waals surface area contributed by atoms with Crippen LogP contribution in [0.3, 0.4) is 0 Å². The van der Waals surface area contributed by atoms with E-state index in [4.69, 9.17) is 5.73 Å². The Kier molecular flexibility index (Phi) is 6.82. The second-order valence-corrected chi connectivity index (χ2v) is 6.00. The molecule has 94 valence electrons. The van der Waals surface area contributed by atoms with E-state index in [1.165, 1.54) is 24.8 Å². The van der Waals surface area contributed by atoms with E-state index in [2.05, 4.69) is 31.9 Å². The fourth-order valence-electron chi connectivity index (χ4n) is 1.61. The summed E-state index contributed by atoms with van der Waals surface area (Å²) in [5, 5.41) is 1.00. The zero-order chi connectivity index (χ0) is 12.7. The van der Waals surface area contributed by atoms with Gasteiger partial charge in [-0.2, -0.15) is 0 Å². The summed E-state index contributed by atoms with van der Waals surface area (Å²) in [6, 6.07) is 7.55. The molecule has 2 N–H and O–H groups in total. The number of alkyl halides is 2. The van der Waals surface area contributed by atoms with Gasteiger partial charge < -0.3 is 5.73 Å². The van der Waals surface area contributed by atoms with E-state index < -0.39 is 0 Å². The molecule has 1 aromatic carbocycles. The normalized spacial score (nSPS) is 12.4. The molecule has 0 spiro atoms. The molecular formula is C13H17Br2NO. The zero-order valence-corrected chi connectivity index (χ0v) is 12.8. The minimum atomic E-state index is -0.365. The number of halogens is 2. The first kappa shape index (κ1) is 14.7.